The monoisotopic (exact) mass is 290 g/mol. The molecule has 2 aromatic rings. The van der Waals surface area contributed by atoms with Crippen molar-refractivity contribution in [2.45, 2.75) is 45.6 Å². The maximum absolute atomic E-state index is 12.5. The molecule has 2 heterocycles. The molecule has 0 aliphatic heterocycles. The number of aryl methyl sites for hydroxylation is 1. The van der Waals surface area contributed by atoms with Crippen molar-refractivity contribution in [2.24, 2.45) is 7.05 Å². The number of rotatable bonds is 6. The van der Waals surface area contributed by atoms with Crippen LogP contribution in [0.4, 0.5) is 0 Å². The maximum Gasteiger partial charge on any atom is 0.274 e. The lowest BCUT2D eigenvalue weighted by atomic mass is 10.1. The molecule has 0 fully saturated rings. The first-order valence-corrected chi connectivity index (χ1v) is 7.26. The molecule has 114 valence electrons. The molecule has 0 radical (unpaired) electrons. The molecule has 6 heteroatoms. The van der Waals surface area contributed by atoms with Gasteiger partial charge in [-0.2, -0.15) is 0 Å². The Hall–Kier alpha value is -2.11. The number of hydrogen-bond acceptors (Lipinski definition) is 4. The van der Waals surface area contributed by atoms with Crippen molar-refractivity contribution in [3.63, 3.8) is 0 Å². The summed E-state index contributed by atoms with van der Waals surface area (Å²) in [7, 11) is 1.92. The number of oxazole rings is 1. The number of carbonyl (C=O) groups excluding carboxylic acids is 1. The van der Waals surface area contributed by atoms with Crippen LogP contribution in [0.1, 0.15) is 67.6 Å². The quantitative estimate of drug-likeness (QED) is 0.887. The van der Waals surface area contributed by atoms with E-state index in [4.69, 9.17) is 4.42 Å². The summed E-state index contributed by atoms with van der Waals surface area (Å²) >= 11 is 0. The van der Waals surface area contributed by atoms with E-state index in [0.717, 1.165) is 18.7 Å². The Kier molecular flexibility index (Phi) is 4.77. The van der Waals surface area contributed by atoms with Crippen LogP contribution in [0.5, 0.6) is 0 Å². The lowest BCUT2D eigenvalue weighted by Crippen LogP contribution is -2.31. The van der Waals surface area contributed by atoms with Crippen LogP contribution in [-0.4, -0.2) is 20.4 Å². The number of aromatic nitrogens is 3. The van der Waals surface area contributed by atoms with Gasteiger partial charge in [-0.15, -0.1) is 0 Å². The van der Waals surface area contributed by atoms with Crippen LogP contribution < -0.4 is 5.32 Å². The molecule has 21 heavy (non-hydrogen) atoms. The molecule has 2 aromatic heterocycles. The number of imidazole rings is 1. The van der Waals surface area contributed by atoms with Crippen LogP contribution in [0, 0.1) is 0 Å². The Bertz CT molecular complexity index is 600. The number of hydrogen-bond donors (Lipinski definition) is 1. The fourth-order valence-electron chi connectivity index (χ4n) is 2.33. The second-order valence-corrected chi connectivity index (χ2v) is 5.43. The molecule has 0 saturated carbocycles. The summed E-state index contributed by atoms with van der Waals surface area (Å²) < 4.78 is 7.23. The minimum Gasteiger partial charge on any atom is -0.447 e. The highest BCUT2D eigenvalue weighted by Crippen LogP contribution is 2.21. The zero-order valence-corrected chi connectivity index (χ0v) is 13.0. The van der Waals surface area contributed by atoms with E-state index in [2.05, 4.69) is 22.2 Å². The Balaban J connectivity index is 2.19. The van der Waals surface area contributed by atoms with Crippen LogP contribution in [-0.2, 0) is 7.05 Å². The van der Waals surface area contributed by atoms with Gasteiger partial charge in [-0.05, 0) is 6.42 Å². The molecule has 0 bridgehead atoms. The fourth-order valence-corrected chi connectivity index (χ4v) is 2.33. The maximum atomic E-state index is 12.5. The highest BCUT2D eigenvalue weighted by Gasteiger charge is 2.23. The van der Waals surface area contributed by atoms with E-state index in [1.807, 2.05) is 31.7 Å². The van der Waals surface area contributed by atoms with Gasteiger partial charge >= 0.3 is 0 Å². The van der Waals surface area contributed by atoms with Crippen molar-refractivity contribution in [1.29, 1.82) is 0 Å². The first kappa shape index (κ1) is 15.3. The predicted molar refractivity (Wildman–Crippen MR) is 78.9 cm³/mol. The van der Waals surface area contributed by atoms with Crippen molar-refractivity contribution >= 4 is 5.91 Å². The molecule has 0 aliphatic carbocycles. The van der Waals surface area contributed by atoms with Crippen molar-refractivity contribution in [3.8, 4) is 0 Å². The summed E-state index contributed by atoms with van der Waals surface area (Å²) in [6.07, 6.45) is 6.71. The van der Waals surface area contributed by atoms with Gasteiger partial charge in [0, 0.05) is 25.4 Å². The van der Waals surface area contributed by atoms with E-state index in [0.29, 0.717) is 11.5 Å². The second kappa shape index (κ2) is 6.56. The average Bonchev–Trinajstić information content (AvgIpc) is 3.06. The summed E-state index contributed by atoms with van der Waals surface area (Å²) in [6.45, 7) is 6.02. The fraction of sp³-hybridized carbons (Fsp3) is 0.533. The van der Waals surface area contributed by atoms with Gasteiger partial charge in [0.2, 0.25) is 0 Å². The molecule has 0 aromatic carbocycles. The van der Waals surface area contributed by atoms with E-state index in [1.54, 1.807) is 6.20 Å². The van der Waals surface area contributed by atoms with Gasteiger partial charge in [-0.1, -0.05) is 27.2 Å². The Morgan fingerprint density at radius 1 is 1.43 bits per heavy atom. The molecule has 1 amide bonds. The van der Waals surface area contributed by atoms with Crippen LogP contribution >= 0.6 is 0 Å². The number of amides is 1. The second-order valence-electron chi connectivity index (χ2n) is 5.43. The molecule has 1 atom stereocenters. The Labute approximate surface area is 124 Å². The third-order valence-corrected chi connectivity index (χ3v) is 3.39. The van der Waals surface area contributed by atoms with Gasteiger partial charge in [0.1, 0.15) is 11.6 Å². The Morgan fingerprint density at radius 3 is 2.76 bits per heavy atom. The van der Waals surface area contributed by atoms with Gasteiger partial charge in [0.25, 0.3) is 5.91 Å². The van der Waals surface area contributed by atoms with Gasteiger partial charge in [-0.25, -0.2) is 9.97 Å². The molecule has 0 aliphatic rings. The number of carbonyl (C=O) groups is 1. The van der Waals surface area contributed by atoms with E-state index < -0.39 is 0 Å². The summed E-state index contributed by atoms with van der Waals surface area (Å²) in [5, 5.41) is 3.01. The largest absolute Gasteiger partial charge is 0.447 e. The molecule has 0 saturated heterocycles. The van der Waals surface area contributed by atoms with Gasteiger partial charge in [0.15, 0.2) is 12.1 Å². The summed E-state index contributed by atoms with van der Waals surface area (Å²) in [5.41, 5.74) is 0.361. The van der Waals surface area contributed by atoms with E-state index in [1.165, 1.54) is 6.39 Å². The first-order chi connectivity index (χ1) is 10.0. The molecular weight excluding hydrogens is 268 g/mol. The molecule has 1 N–H and O–H groups in total. The smallest absolute Gasteiger partial charge is 0.274 e. The third kappa shape index (κ3) is 3.32. The summed E-state index contributed by atoms with van der Waals surface area (Å²) in [6, 6.07) is -0.126. The molecule has 1 unspecified atom stereocenters. The standard InChI is InChI=1S/C15H22N4O2/c1-5-6-11(14-16-7-8-19(14)4)18-15(20)12-13(10(2)3)21-9-17-12/h7-11H,5-6H2,1-4H3,(H,18,20). The number of nitrogens with one attached hydrogen (secondary N) is 1. The highest BCUT2D eigenvalue weighted by molar-refractivity contribution is 5.93. The number of nitrogens with zero attached hydrogens (tertiary/aromatic N) is 3. The third-order valence-electron chi connectivity index (χ3n) is 3.39. The van der Waals surface area contributed by atoms with Crippen molar-refractivity contribution < 1.29 is 9.21 Å². The topological polar surface area (TPSA) is 73.0 Å². The normalized spacial score (nSPS) is 12.6. The zero-order chi connectivity index (χ0) is 15.4. The minimum atomic E-state index is -0.214. The lowest BCUT2D eigenvalue weighted by molar-refractivity contribution is 0.0925. The van der Waals surface area contributed by atoms with Gasteiger partial charge in [0.05, 0.1) is 6.04 Å². The van der Waals surface area contributed by atoms with E-state index >= 15 is 0 Å². The van der Waals surface area contributed by atoms with E-state index in [-0.39, 0.29) is 17.9 Å². The molecule has 0 spiro atoms. The van der Waals surface area contributed by atoms with Crippen LogP contribution in [0.15, 0.2) is 23.2 Å². The minimum absolute atomic E-state index is 0.117. The predicted octanol–water partition coefficient (Wildman–Crippen LogP) is 2.80. The Morgan fingerprint density at radius 2 is 2.19 bits per heavy atom. The summed E-state index contributed by atoms with van der Waals surface area (Å²) in [5.74, 6) is 1.36. The van der Waals surface area contributed by atoms with Gasteiger partial charge < -0.3 is 14.3 Å². The summed E-state index contributed by atoms with van der Waals surface area (Å²) in [4.78, 5) is 20.8. The molecular formula is C15H22N4O2. The van der Waals surface area contributed by atoms with Crippen LogP contribution in [0.2, 0.25) is 0 Å². The first-order valence-electron chi connectivity index (χ1n) is 7.26. The van der Waals surface area contributed by atoms with E-state index in [9.17, 15) is 4.79 Å². The average molecular weight is 290 g/mol. The molecule has 6 nitrogen and oxygen atoms in total. The van der Waals surface area contributed by atoms with Crippen molar-refractivity contribution in [3.05, 3.63) is 36.1 Å². The van der Waals surface area contributed by atoms with Gasteiger partial charge in [-0.3, -0.25) is 4.79 Å². The SMILES string of the molecule is CCCC(NC(=O)c1ncoc1C(C)C)c1nccn1C. The highest BCUT2D eigenvalue weighted by atomic mass is 16.3. The lowest BCUT2D eigenvalue weighted by Gasteiger charge is -2.17. The van der Waals surface area contributed by atoms with Crippen LogP contribution in [0.3, 0.4) is 0 Å². The zero-order valence-electron chi connectivity index (χ0n) is 13.0. The van der Waals surface area contributed by atoms with Crippen molar-refractivity contribution in [1.82, 2.24) is 19.9 Å². The van der Waals surface area contributed by atoms with Crippen molar-refractivity contribution in [2.75, 3.05) is 0 Å². The van der Waals surface area contributed by atoms with Crippen LogP contribution in [0.25, 0.3) is 0 Å². The molecule has 2 rings (SSSR count).